The van der Waals surface area contributed by atoms with Crippen LogP contribution in [-0.4, -0.2) is 27.6 Å². The van der Waals surface area contributed by atoms with Crippen LogP contribution in [0.5, 0.6) is 0 Å². The molecule has 2 aromatic heterocycles. The van der Waals surface area contributed by atoms with E-state index in [4.69, 9.17) is 5.26 Å². The van der Waals surface area contributed by atoms with Gasteiger partial charge in [0.2, 0.25) is 0 Å². The Kier molecular flexibility index (Phi) is 2.92. The molecular weight excluding hydrogens is 238 g/mol. The molecule has 1 aliphatic heterocycles. The Labute approximate surface area is 112 Å². The molecule has 1 aliphatic rings. The second-order valence-corrected chi connectivity index (χ2v) is 4.85. The molecule has 0 N–H and O–H groups in total. The molecular formula is C14H15N5. The molecule has 0 aromatic carbocycles. The molecule has 1 unspecified atom stereocenters. The van der Waals surface area contributed by atoms with E-state index in [-0.39, 0.29) is 0 Å². The number of hydrogen-bond donors (Lipinski definition) is 0. The zero-order valence-corrected chi connectivity index (χ0v) is 10.8. The molecule has 0 radical (unpaired) electrons. The van der Waals surface area contributed by atoms with Gasteiger partial charge < -0.3 is 9.47 Å². The van der Waals surface area contributed by atoms with Crippen molar-refractivity contribution < 1.29 is 0 Å². The van der Waals surface area contributed by atoms with Gasteiger partial charge in [-0.05, 0) is 25.0 Å². The predicted octanol–water partition coefficient (Wildman–Crippen LogP) is 1.91. The van der Waals surface area contributed by atoms with Crippen molar-refractivity contribution in [3.8, 4) is 6.07 Å². The van der Waals surface area contributed by atoms with Crippen LogP contribution in [0.15, 0.2) is 30.9 Å². The lowest BCUT2D eigenvalue weighted by Crippen LogP contribution is -2.21. The minimum Gasteiger partial charge on any atom is -0.354 e. The maximum atomic E-state index is 9.04. The van der Waals surface area contributed by atoms with Crippen molar-refractivity contribution in [2.75, 3.05) is 18.0 Å². The van der Waals surface area contributed by atoms with Gasteiger partial charge >= 0.3 is 0 Å². The van der Waals surface area contributed by atoms with Crippen LogP contribution in [0, 0.1) is 18.3 Å². The minimum absolute atomic E-state index is 0.441. The molecule has 3 heterocycles. The molecule has 0 bridgehead atoms. The highest BCUT2D eigenvalue weighted by Crippen LogP contribution is 2.26. The largest absolute Gasteiger partial charge is 0.354 e. The number of nitriles is 1. The molecule has 1 fully saturated rings. The first-order chi connectivity index (χ1) is 9.28. The van der Waals surface area contributed by atoms with Gasteiger partial charge in [0.15, 0.2) is 0 Å². The van der Waals surface area contributed by atoms with Crippen molar-refractivity contribution in [3.63, 3.8) is 0 Å². The van der Waals surface area contributed by atoms with Crippen LogP contribution >= 0.6 is 0 Å². The lowest BCUT2D eigenvalue weighted by atomic mass is 10.2. The Morgan fingerprint density at radius 2 is 2.32 bits per heavy atom. The zero-order chi connectivity index (χ0) is 13.2. The lowest BCUT2D eigenvalue weighted by Gasteiger charge is -2.18. The molecule has 0 aliphatic carbocycles. The molecule has 1 saturated heterocycles. The van der Waals surface area contributed by atoms with E-state index in [1.54, 1.807) is 6.20 Å². The Morgan fingerprint density at radius 3 is 3.05 bits per heavy atom. The monoisotopic (exact) mass is 253 g/mol. The summed E-state index contributed by atoms with van der Waals surface area (Å²) in [6.07, 6.45) is 6.74. The van der Waals surface area contributed by atoms with Gasteiger partial charge in [0.25, 0.3) is 0 Å². The van der Waals surface area contributed by atoms with Crippen LogP contribution in [-0.2, 0) is 0 Å². The summed E-state index contributed by atoms with van der Waals surface area (Å²) >= 11 is 0. The van der Waals surface area contributed by atoms with E-state index in [1.165, 1.54) is 0 Å². The van der Waals surface area contributed by atoms with Gasteiger partial charge in [-0.15, -0.1) is 0 Å². The van der Waals surface area contributed by atoms with Gasteiger partial charge in [-0.2, -0.15) is 5.26 Å². The van der Waals surface area contributed by atoms with Gasteiger partial charge in [0.1, 0.15) is 17.6 Å². The second-order valence-electron chi connectivity index (χ2n) is 4.85. The molecule has 5 heteroatoms. The molecule has 1 atom stereocenters. The van der Waals surface area contributed by atoms with Crippen LogP contribution in [0.25, 0.3) is 0 Å². The molecule has 0 amide bonds. The third-order valence-electron chi connectivity index (χ3n) is 3.62. The van der Waals surface area contributed by atoms with E-state index in [9.17, 15) is 0 Å². The van der Waals surface area contributed by atoms with E-state index in [0.717, 1.165) is 30.9 Å². The highest BCUT2D eigenvalue weighted by molar-refractivity contribution is 5.45. The summed E-state index contributed by atoms with van der Waals surface area (Å²) in [5.74, 6) is 0.893. The van der Waals surface area contributed by atoms with Crippen LogP contribution < -0.4 is 4.90 Å². The first kappa shape index (κ1) is 11.7. The Morgan fingerprint density at radius 1 is 1.42 bits per heavy atom. The van der Waals surface area contributed by atoms with Gasteiger partial charge in [-0.1, -0.05) is 6.07 Å². The van der Waals surface area contributed by atoms with E-state index in [0.29, 0.717) is 11.7 Å². The lowest BCUT2D eigenvalue weighted by molar-refractivity contribution is 0.551. The molecule has 2 aromatic rings. The third kappa shape index (κ3) is 2.17. The number of anilines is 1. The van der Waals surface area contributed by atoms with E-state index in [2.05, 4.69) is 25.5 Å². The molecule has 0 saturated carbocycles. The summed E-state index contributed by atoms with van der Waals surface area (Å²) in [5, 5.41) is 9.04. The average molecular weight is 253 g/mol. The van der Waals surface area contributed by atoms with Gasteiger partial charge in [0.05, 0.1) is 12.4 Å². The first-order valence-electron chi connectivity index (χ1n) is 6.38. The summed E-state index contributed by atoms with van der Waals surface area (Å²) in [7, 11) is 0. The summed E-state index contributed by atoms with van der Waals surface area (Å²) in [6.45, 7) is 3.79. The number of aryl methyl sites for hydroxylation is 1. The smallest absolute Gasteiger partial charge is 0.145 e. The van der Waals surface area contributed by atoms with Crippen molar-refractivity contribution in [1.29, 1.82) is 5.26 Å². The molecule has 19 heavy (non-hydrogen) atoms. The highest BCUT2D eigenvalue weighted by Gasteiger charge is 2.24. The third-order valence-corrected chi connectivity index (χ3v) is 3.62. The van der Waals surface area contributed by atoms with Crippen LogP contribution in [0.1, 0.15) is 23.7 Å². The normalized spacial score (nSPS) is 18.5. The maximum Gasteiger partial charge on any atom is 0.145 e. The Balaban J connectivity index is 1.80. The summed E-state index contributed by atoms with van der Waals surface area (Å²) in [6, 6.07) is 6.54. The van der Waals surface area contributed by atoms with E-state index in [1.807, 2.05) is 31.6 Å². The topological polar surface area (TPSA) is 57.7 Å². The molecule has 5 nitrogen and oxygen atoms in total. The number of aromatic nitrogens is 3. The van der Waals surface area contributed by atoms with Gasteiger partial charge in [0, 0.05) is 25.5 Å². The number of nitrogens with zero attached hydrogens (tertiary/aromatic N) is 5. The number of imidazole rings is 1. The fourth-order valence-electron chi connectivity index (χ4n) is 2.49. The first-order valence-corrected chi connectivity index (χ1v) is 6.38. The Hall–Kier alpha value is -2.35. The summed E-state index contributed by atoms with van der Waals surface area (Å²) < 4.78 is 2.14. The number of hydrogen-bond acceptors (Lipinski definition) is 4. The molecule has 3 rings (SSSR count). The van der Waals surface area contributed by atoms with E-state index < -0.39 is 0 Å². The minimum atomic E-state index is 0.441. The van der Waals surface area contributed by atoms with E-state index >= 15 is 0 Å². The SMILES string of the molecule is Cc1ccc(N2CCC(n3ccnc3)C2)nc1C#N. The predicted molar refractivity (Wildman–Crippen MR) is 71.8 cm³/mol. The van der Waals surface area contributed by atoms with Crippen molar-refractivity contribution in [1.82, 2.24) is 14.5 Å². The van der Waals surface area contributed by atoms with Crippen LogP contribution in [0.2, 0.25) is 0 Å². The van der Waals surface area contributed by atoms with Crippen molar-refractivity contribution in [2.45, 2.75) is 19.4 Å². The number of pyridine rings is 1. The maximum absolute atomic E-state index is 9.04. The summed E-state index contributed by atoms with van der Waals surface area (Å²) in [5.41, 5.74) is 1.44. The fraction of sp³-hybridized carbons (Fsp3) is 0.357. The molecule has 0 spiro atoms. The quantitative estimate of drug-likeness (QED) is 0.820. The van der Waals surface area contributed by atoms with Crippen molar-refractivity contribution >= 4 is 5.82 Å². The highest BCUT2D eigenvalue weighted by atomic mass is 15.2. The number of rotatable bonds is 2. The average Bonchev–Trinajstić information content (AvgIpc) is 3.10. The standard InChI is InChI=1S/C14H15N5/c1-11-2-3-14(17-13(11)8-15)18-6-4-12(9-18)19-7-5-16-10-19/h2-3,5,7,10,12H,4,6,9H2,1H3. The van der Waals surface area contributed by atoms with Gasteiger partial charge in [-0.25, -0.2) is 9.97 Å². The fourth-order valence-corrected chi connectivity index (χ4v) is 2.49. The zero-order valence-electron chi connectivity index (χ0n) is 10.8. The molecule has 96 valence electrons. The van der Waals surface area contributed by atoms with Crippen LogP contribution in [0.4, 0.5) is 5.82 Å². The van der Waals surface area contributed by atoms with Crippen molar-refractivity contribution in [2.24, 2.45) is 0 Å². The van der Waals surface area contributed by atoms with Crippen LogP contribution in [0.3, 0.4) is 0 Å². The van der Waals surface area contributed by atoms with Gasteiger partial charge in [-0.3, -0.25) is 0 Å². The second kappa shape index (κ2) is 4.73. The summed E-state index contributed by atoms with van der Waals surface area (Å²) in [4.78, 5) is 10.7. The Bertz CT molecular complexity index is 611. The van der Waals surface area contributed by atoms with Crippen molar-refractivity contribution in [3.05, 3.63) is 42.1 Å².